The second-order valence-electron chi connectivity index (χ2n) is 5.06. The van der Waals surface area contributed by atoms with E-state index in [0.29, 0.717) is 18.6 Å². The number of nitrogens with zero attached hydrogens (tertiary/aromatic N) is 3. The highest BCUT2D eigenvalue weighted by Gasteiger charge is 2.09. The number of carbonyl (C=O) groups excluding carboxylic acids is 1. The first kappa shape index (κ1) is 15.0. The van der Waals surface area contributed by atoms with Crippen molar-refractivity contribution >= 4 is 11.6 Å². The smallest absolute Gasteiger partial charge is 0.279 e. The maximum absolute atomic E-state index is 12.2. The van der Waals surface area contributed by atoms with E-state index >= 15 is 0 Å². The molecule has 0 unspecified atom stereocenters. The van der Waals surface area contributed by atoms with Gasteiger partial charge in [-0.1, -0.05) is 6.07 Å². The van der Waals surface area contributed by atoms with Crippen molar-refractivity contribution in [2.75, 3.05) is 6.54 Å². The van der Waals surface area contributed by atoms with Gasteiger partial charge < -0.3 is 9.73 Å². The Labute approximate surface area is 132 Å². The van der Waals surface area contributed by atoms with Gasteiger partial charge >= 0.3 is 0 Å². The summed E-state index contributed by atoms with van der Waals surface area (Å²) in [6.07, 6.45) is 4.33. The van der Waals surface area contributed by atoms with Crippen LogP contribution in [0.3, 0.4) is 0 Å². The van der Waals surface area contributed by atoms with Gasteiger partial charge in [-0.05, 0) is 24.3 Å². The van der Waals surface area contributed by atoms with E-state index in [2.05, 4.69) is 15.5 Å². The van der Waals surface area contributed by atoms with Gasteiger partial charge in [0.1, 0.15) is 11.5 Å². The summed E-state index contributed by atoms with van der Waals surface area (Å²) in [5.41, 5.74) is 0.540. The lowest BCUT2D eigenvalue weighted by molar-refractivity contribution is -0.121. The minimum absolute atomic E-state index is 0.129. The van der Waals surface area contributed by atoms with Crippen molar-refractivity contribution < 1.29 is 9.21 Å². The number of aryl methyl sites for hydroxylation is 1. The Balaban J connectivity index is 1.54. The molecule has 0 aliphatic heterocycles. The fraction of sp³-hybridized carbons (Fsp3) is 0.250. The van der Waals surface area contributed by atoms with Crippen LogP contribution in [0.4, 0.5) is 0 Å². The van der Waals surface area contributed by atoms with Crippen molar-refractivity contribution in [2.45, 2.75) is 19.3 Å². The molecular formula is C16H16N4O3. The van der Waals surface area contributed by atoms with Gasteiger partial charge in [0.2, 0.25) is 5.91 Å². The molecule has 23 heavy (non-hydrogen) atoms. The zero-order valence-corrected chi connectivity index (χ0v) is 12.4. The number of hydrogen-bond donors (Lipinski definition) is 1. The molecule has 3 heterocycles. The van der Waals surface area contributed by atoms with Crippen molar-refractivity contribution in [1.29, 1.82) is 0 Å². The summed E-state index contributed by atoms with van der Waals surface area (Å²) in [6, 6.07) is 8.91. The van der Waals surface area contributed by atoms with Crippen molar-refractivity contribution in [1.82, 2.24) is 19.9 Å². The summed E-state index contributed by atoms with van der Waals surface area (Å²) >= 11 is 0. The third-order valence-electron chi connectivity index (χ3n) is 3.44. The lowest BCUT2D eigenvalue weighted by Crippen LogP contribution is -2.28. The predicted octanol–water partition coefficient (Wildman–Crippen LogP) is 0.974. The molecule has 7 nitrogen and oxygen atoms in total. The number of aromatic nitrogens is 3. The minimum atomic E-state index is -0.237. The Hall–Kier alpha value is -2.96. The van der Waals surface area contributed by atoms with Crippen LogP contribution in [0.5, 0.6) is 0 Å². The maximum atomic E-state index is 12.2. The number of carbonyl (C=O) groups is 1. The standard InChI is InChI=1S/C16H16N4O3/c21-15(17-9-8-12-4-3-11-23-12)7-6-13-16(22)20-10-2-1-5-14(20)19-18-13/h1-5,10-11H,6-9H2,(H,17,21). The molecule has 1 amide bonds. The zero-order valence-electron chi connectivity index (χ0n) is 12.4. The number of rotatable bonds is 6. The molecule has 3 aromatic heterocycles. The van der Waals surface area contributed by atoms with Crippen LogP contribution in [0.1, 0.15) is 17.9 Å². The van der Waals surface area contributed by atoms with E-state index < -0.39 is 0 Å². The largest absolute Gasteiger partial charge is 0.469 e. The molecule has 0 atom stereocenters. The third kappa shape index (κ3) is 3.63. The first-order valence-electron chi connectivity index (χ1n) is 7.36. The molecule has 0 saturated heterocycles. The highest BCUT2D eigenvalue weighted by atomic mass is 16.3. The van der Waals surface area contributed by atoms with E-state index in [9.17, 15) is 9.59 Å². The fourth-order valence-electron chi connectivity index (χ4n) is 2.24. The van der Waals surface area contributed by atoms with Gasteiger partial charge in [0.15, 0.2) is 5.65 Å². The van der Waals surface area contributed by atoms with Crippen molar-refractivity contribution in [3.63, 3.8) is 0 Å². The van der Waals surface area contributed by atoms with Gasteiger partial charge in [-0.15, -0.1) is 10.2 Å². The predicted molar refractivity (Wildman–Crippen MR) is 83.0 cm³/mol. The van der Waals surface area contributed by atoms with E-state index in [-0.39, 0.29) is 30.0 Å². The van der Waals surface area contributed by atoms with Crippen LogP contribution in [0.2, 0.25) is 0 Å². The van der Waals surface area contributed by atoms with Crippen LogP contribution in [-0.4, -0.2) is 27.0 Å². The zero-order chi connectivity index (χ0) is 16.1. The quantitative estimate of drug-likeness (QED) is 0.732. The van der Waals surface area contributed by atoms with Crippen LogP contribution in [0, 0.1) is 0 Å². The Morgan fingerprint density at radius 3 is 2.91 bits per heavy atom. The molecule has 3 aromatic rings. The Bertz CT molecular complexity index is 855. The number of pyridine rings is 1. The summed E-state index contributed by atoms with van der Waals surface area (Å²) in [4.78, 5) is 24.0. The highest BCUT2D eigenvalue weighted by molar-refractivity contribution is 5.76. The van der Waals surface area contributed by atoms with E-state index in [4.69, 9.17) is 4.42 Å². The summed E-state index contributed by atoms with van der Waals surface area (Å²) < 4.78 is 6.62. The van der Waals surface area contributed by atoms with Gasteiger partial charge in [0.25, 0.3) is 5.56 Å². The van der Waals surface area contributed by atoms with Gasteiger partial charge in [-0.2, -0.15) is 0 Å². The SMILES string of the molecule is O=C(CCc1nnc2ccccn2c1=O)NCCc1ccco1. The Morgan fingerprint density at radius 1 is 1.17 bits per heavy atom. The van der Waals surface area contributed by atoms with Gasteiger partial charge in [-0.25, -0.2) is 0 Å². The number of nitrogens with one attached hydrogen (secondary N) is 1. The number of fused-ring (bicyclic) bond motifs is 1. The first-order chi connectivity index (χ1) is 11.2. The van der Waals surface area contributed by atoms with Crippen LogP contribution < -0.4 is 10.9 Å². The van der Waals surface area contributed by atoms with Crippen LogP contribution >= 0.6 is 0 Å². The molecule has 118 valence electrons. The second-order valence-corrected chi connectivity index (χ2v) is 5.06. The molecule has 0 fully saturated rings. The van der Waals surface area contributed by atoms with E-state index in [1.807, 2.05) is 12.1 Å². The van der Waals surface area contributed by atoms with E-state index in [1.165, 1.54) is 4.40 Å². The molecular weight excluding hydrogens is 296 g/mol. The second kappa shape index (κ2) is 6.87. The normalized spacial score (nSPS) is 10.8. The molecule has 0 aromatic carbocycles. The van der Waals surface area contributed by atoms with Gasteiger partial charge in [0.05, 0.1) is 6.26 Å². The Kier molecular flexibility index (Phi) is 4.46. The Morgan fingerprint density at radius 2 is 2.09 bits per heavy atom. The molecule has 0 spiro atoms. The molecule has 0 aliphatic rings. The van der Waals surface area contributed by atoms with Crippen molar-refractivity contribution in [3.05, 3.63) is 64.6 Å². The first-order valence-corrected chi connectivity index (χ1v) is 7.36. The molecule has 7 heteroatoms. The monoisotopic (exact) mass is 312 g/mol. The summed E-state index contributed by atoms with van der Waals surface area (Å²) in [5, 5.41) is 10.7. The summed E-state index contributed by atoms with van der Waals surface area (Å²) in [7, 11) is 0. The topological polar surface area (TPSA) is 89.5 Å². The fourth-order valence-corrected chi connectivity index (χ4v) is 2.24. The molecule has 1 N–H and O–H groups in total. The van der Waals surface area contributed by atoms with Crippen molar-refractivity contribution in [2.24, 2.45) is 0 Å². The maximum Gasteiger partial charge on any atom is 0.279 e. The van der Waals surface area contributed by atoms with Crippen LogP contribution in [0.15, 0.2) is 52.0 Å². The number of hydrogen-bond acceptors (Lipinski definition) is 5. The molecule has 3 rings (SSSR count). The number of amides is 1. The van der Waals surface area contributed by atoms with E-state index in [0.717, 1.165) is 5.76 Å². The van der Waals surface area contributed by atoms with Crippen LogP contribution in [0.25, 0.3) is 5.65 Å². The lowest BCUT2D eigenvalue weighted by Gasteiger charge is -2.04. The minimum Gasteiger partial charge on any atom is -0.469 e. The molecule has 0 aliphatic carbocycles. The van der Waals surface area contributed by atoms with E-state index in [1.54, 1.807) is 30.7 Å². The van der Waals surface area contributed by atoms with Crippen molar-refractivity contribution in [3.8, 4) is 0 Å². The lowest BCUT2D eigenvalue weighted by atomic mass is 10.2. The molecule has 0 radical (unpaired) electrons. The summed E-state index contributed by atoms with van der Waals surface area (Å²) in [5.74, 6) is 0.694. The molecule has 0 bridgehead atoms. The average molecular weight is 312 g/mol. The highest BCUT2D eigenvalue weighted by Crippen LogP contribution is 2.00. The third-order valence-corrected chi connectivity index (χ3v) is 3.44. The number of furan rings is 1. The van der Waals surface area contributed by atoms with Gasteiger partial charge in [0, 0.05) is 32.0 Å². The molecule has 0 saturated carbocycles. The summed E-state index contributed by atoms with van der Waals surface area (Å²) in [6.45, 7) is 0.495. The average Bonchev–Trinajstić information content (AvgIpc) is 3.08. The van der Waals surface area contributed by atoms with Gasteiger partial charge in [-0.3, -0.25) is 14.0 Å². The van der Waals surface area contributed by atoms with Crippen LogP contribution in [-0.2, 0) is 17.6 Å².